The molecule has 2 heterocycles. The number of rotatable bonds is 3. The van der Waals surface area contributed by atoms with E-state index in [0.717, 1.165) is 11.3 Å². The lowest BCUT2D eigenvalue weighted by molar-refractivity contribution is 0.0697. The van der Waals surface area contributed by atoms with Crippen LogP contribution in [0.15, 0.2) is 48.0 Å². The normalized spacial score (nSPS) is 10.5. The smallest absolute Gasteiger partial charge is 0.335 e. The van der Waals surface area contributed by atoms with Crippen molar-refractivity contribution < 1.29 is 9.90 Å². The molecule has 3 rings (SSSR count). The highest BCUT2D eigenvalue weighted by Gasteiger charge is 2.10. The van der Waals surface area contributed by atoms with E-state index >= 15 is 0 Å². The lowest BCUT2D eigenvalue weighted by Gasteiger charge is -1.98. The molecule has 0 aliphatic heterocycles. The van der Waals surface area contributed by atoms with E-state index < -0.39 is 5.97 Å². The summed E-state index contributed by atoms with van der Waals surface area (Å²) in [6.07, 6.45) is 1.47. The Morgan fingerprint density at radius 1 is 1.14 bits per heavy atom. The molecular weight excluding hydrogens is 308 g/mol. The van der Waals surface area contributed by atoms with Crippen molar-refractivity contribution in [3.05, 3.63) is 58.6 Å². The molecule has 21 heavy (non-hydrogen) atoms. The van der Waals surface area contributed by atoms with Gasteiger partial charge in [-0.2, -0.15) is 0 Å². The first-order valence-corrected chi connectivity index (χ1v) is 7.30. The molecule has 104 valence electrons. The lowest BCUT2D eigenvalue weighted by atomic mass is 10.2. The Morgan fingerprint density at radius 3 is 2.62 bits per heavy atom. The van der Waals surface area contributed by atoms with Gasteiger partial charge in [-0.05, 0) is 24.3 Å². The molecule has 0 bridgehead atoms. The highest BCUT2D eigenvalue weighted by molar-refractivity contribution is 7.13. The van der Waals surface area contributed by atoms with Crippen molar-refractivity contribution in [2.45, 2.75) is 0 Å². The Morgan fingerprint density at radius 2 is 1.90 bits per heavy atom. The molecule has 0 saturated heterocycles. The maximum absolute atomic E-state index is 11.0. The average molecular weight is 317 g/mol. The molecule has 3 aromatic rings. The van der Waals surface area contributed by atoms with Crippen molar-refractivity contribution in [2.24, 2.45) is 0 Å². The Balaban J connectivity index is 1.96. The van der Waals surface area contributed by atoms with Crippen LogP contribution in [0.3, 0.4) is 0 Å². The van der Waals surface area contributed by atoms with E-state index in [9.17, 15) is 4.79 Å². The van der Waals surface area contributed by atoms with Gasteiger partial charge in [0.15, 0.2) is 0 Å². The zero-order chi connectivity index (χ0) is 14.8. The van der Waals surface area contributed by atoms with E-state index in [1.807, 2.05) is 17.5 Å². The molecule has 0 atom stereocenters. The molecule has 6 heteroatoms. The minimum absolute atomic E-state index is 0.197. The number of carboxylic acids is 1. The number of hydrogen-bond acceptors (Lipinski definition) is 4. The third-order valence-electron chi connectivity index (χ3n) is 2.87. The SMILES string of the molecule is O=C(O)c1ccnc(-c2nc(-c3ccc(Cl)cc3)cs2)c1. The van der Waals surface area contributed by atoms with Crippen LogP contribution in [0.4, 0.5) is 0 Å². The first-order valence-electron chi connectivity index (χ1n) is 6.04. The van der Waals surface area contributed by atoms with E-state index in [2.05, 4.69) is 9.97 Å². The summed E-state index contributed by atoms with van der Waals surface area (Å²) in [6, 6.07) is 10.4. The van der Waals surface area contributed by atoms with Crippen LogP contribution in [0.25, 0.3) is 22.0 Å². The van der Waals surface area contributed by atoms with Crippen LogP contribution in [0.5, 0.6) is 0 Å². The van der Waals surface area contributed by atoms with Crippen molar-refractivity contribution in [3.8, 4) is 22.0 Å². The maximum atomic E-state index is 11.0. The van der Waals surface area contributed by atoms with Crippen LogP contribution in [0.2, 0.25) is 5.02 Å². The fourth-order valence-corrected chi connectivity index (χ4v) is 2.75. The van der Waals surface area contributed by atoms with Crippen LogP contribution in [-0.4, -0.2) is 21.0 Å². The number of pyridine rings is 1. The van der Waals surface area contributed by atoms with Gasteiger partial charge in [0.1, 0.15) is 5.01 Å². The number of hydrogen-bond donors (Lipinski definition) is 1. The minimum atomic E-state index is -0.979. The van der Waals surface area contributed by atoms with Gasteiger partial charge in [-0.3, -0.25) is 4.98 Å². The Hall–Kier alpha value is -2.24. The summed E-state index contributed by atoms with van der Waals surface area (Å²) < 4.78 is 0. The van der Waals surface area contributed by atoms with Crippen molar-refractivity contribution in [3.63, 3.8) is 0 Å². The standard InChI is InChI=1S/C15H9ClN2O2S/c16-11-3-1-9(2-4-11)13-8-21-14(18-13)12-7-10(15(19)20)5-6-17-12/h1-8H,(H,19,20). The summed E-state index contributed by atoms with van der Waals surface area (Å²) in [5.74, 6) is -0.979. The topological polar surface area (TPSA) is 63.1 Å². The predicted molar refractivity (Wildman–Crippen MR) is 82.8 cm³/mol. The van der Waals surface area contributed by atoms with E-state index in [0.29, 0.717) is 15.7 Å². The van der Waals surface area contributed by atoms with Crippen molar-refractivity contribution in [1.82, 2.24) is 9.97 Å². The molecule has 2 aromatic heterocycles. The Bertz CT molecular complexity index is 799. The van der Waals surface area contributed by atoms with Crippen molar-refractivity contribution >= 4 is 28.9 Å². The van der Waals surface area contributed by atoms with Gasteiger partial charge in [0.05, 0.1) is 17.0 Å². The molecule has 0 unspecified atom stereocenters. The fraction of sp³-hybridized carbons (Fsp3) is 0. The fourth-order valence-electron chi connectivity index (χ4n) is 1.83. The number of aromatic carboxylic acids is 1. The van der Waals surface area contributed by atoms with Crippen LogP contribution < -0.4 is 0 Å². The molecule has 0 spiro atoms. The summed E-state index contributed by atoms with van der Waals surface area (Å²) >= 11 is 7.29. The molecule has 0 saturated carbocycles. The predicted octanol–water partition coefficient (Wildman–Crippen LogP) is 4.22. The van der Waals surface area contributed by atoms with Crippen LogP contribution in [0, 0.1) is 0 Å². The van der Waals surface area contributed by atoms with Crippen LogP contribution >= 0.6 is 22.9 Å². The molecule has 0 aliphatic carbocycles. The number of halogens is 1. The first kappa shape index (κ1) is 13.7. The second-order valence-corrected chi connectivity index (χ2v) is 5.57. The average Bonchev–Trinajstić information content (AvgIpc) is 2.98. The second-order valence-electron chi connectivity index (χ2n) is 4.28. The lowest BCUT2D eigenvalue weighted by Crippen LogP contribution is -1.97. The Labute approximate surface area is 129 Å². The highest BCUT2D eigenvalue weighted by Crippen LogP contribution is 2.28. The number of thiazole rings is 1. The van der Waals surface area contributed by atoms with Gasteiger partial charge in [-0.15, -0.1) is 11.3 Å². The van der Waals surface area contributed by atoms with E-state index in [1.54, 1.807) is 12.1 Å². The van der Waals surface area contributed by atoms with Gasteiger partial charge >= 0.3 is 5.97 Å². The molecule has 0 amide bonds. The van der Waals surface area contributed by atoms with Gasteiger partial charge in [-0.1, -0.05) is 23.7 Å². The maximum Gasteiger partial charge on any atom is 0.335 e. The van der Waals surface area contributed by atoms with Gasteiger partial charge in [0.2, 0.25) is 0 Å². The zero-order valence-corrected chi connectivity index (χ0v) is 12.2. The van der Waals surface area contributed by atoms with Crippen LogP contribution in [0.1, 0.15) is 10.4 Å². The van der Waals surface area contributed by atoms with Crippen molar-refractivity contribution in [2.75, 3.05) is 0 Å². The van der Waals surface area contributed by atoms with Gasteiger partial charge < -0.3 is 5.11 Å². The van der Waals surface area contributed by atoms with Crippen LogP contribution in [-0.2, 0) is 0 Å². The molecule has 1 N–H and O–H groups in total. The highest BCUT2D eigenvalue weighted by atomic mass is 35.5. The molecule has 4 nitrogen and oxygen atoms in total. The third-order valence-corrected chi connectivity index (χ3v) is 3.99. The third kappa shape index (κ3) is 2.94. The second kappa shape index (κ2) is 5.63. The largest absolute Gasteiger partial charge is 0.478 e. The quantitative estimate of drug-likeness (QED) is 0.785. The molecule has 0 aliphatic rings. The van der Waals surface area contributed by atoms with Gasteiger partial charge in [0.25, 0.3) is 0 Å². The van der Waals surface area contributed by atoms with E-state index in [1.165, 1.54) is 29.7 Å². The van der Waals surface area contributed by atoms with Crippen molar-refractivity contribution in [1.29, 1.82) is 0 Å². The number of carboxylic acid groups (broad SMARTS) is 1. The first-order chi connectivity index (χ1) is 10.1. The monoisotopic (exact) mass is 316 g/mol. The Kier molecular flexibility index (Phi) is 3.68. The number of nitrogens with zero attached hydrogens (tertiary/aromatic N) is 2. The molecular formula is C15H9ClN2O2S. The number of carbonyl (C=O) groups is 1. The number of benzene rings is 1. The summed E-state index contributed by atoms with van der Waals surface area (Å²) in [5.41, 5.74) is 2.52. The summed E-state index contributed by atoms with van der Waals surface area (Å²) in [6.45, 7) is 0. The van der Waals surface area contributed by atoms with Gasteiger partial charge in [0, 0.05) is 22.2 Å². The number of aromatic nitrogens is 2. The summed E-state index contributed by atoms with van der Waals surface area (Å²) in [5, 5.41) is 12.3. The van der Waals surface area contributed by atoms with Gasteiger partial charge in [-0.25, -0.2) is 9.78 Å². The summed E-state index contributed by atoms with van der Waals surface area (Å²) in [4.78, 5) is 19.7. The van der Waals surface area contributed by atoms with E-state index in [4.69, 9.17) is 16.7 Å². The molecule has 0 radical (unpaired) electrons. The minimum Gasteiger partial charge on any atom is -0.478 e. The molecule has 0 fully saturated rings. The zero-order valence-electron chi connectivity index (χ0n) is 10.7. The van der Waals surface area contributed by atoms with E-state index in [-0.39, 0.29) is 5.56 Å². The summed E-state index contributed by atoms with van der Waals surface area (Å²) in [7, 11) is 0. The molecule has 1 aromatic carbocycles.